The highest BCUT2D eigenvalue weighted by atomic mass is 35.5. The zero-order valence-electron chi connectivity index (χ0n) is 22.9. The molecule has 0 bridgehead atoms. The van der Waals surface area contributed by atoms with Crippen LogP contribution in [-0.2, 0) is 4.79 Å². The molecule has 9 heteroatoms. The number of anilines is 1. The van der Waals surface area contributed by atoms with Crippen molar-refractivity contribution in [3.63, 3.8) is 0 Å². The van der Waals surface area contributed by atoms with Gasteiger partial charge < -0.3 is 19.4 Å². The van der Waals surface area contributed by atoms with Crippen LogP contribution in [0.25, 0.3) is 32.8 Å². The van der Waals surface area contributed by atoms with Crippen molar-refractivity contribution in [2.24, 2.45) is 0 Å². The highest BCUT2D eigenvalue weighted by molar-refractivity contribution is 6.36. The smallest absolute Gasteiger partial charge is 0.319 e. The van der Waals surface area contributed by atoms with E-state index < -0.39 is 5.82 Å². The molecular formula is C32H31ClFN5O2. The summed E-state index contributed by atoms with van der Waals surface area (Å²) in [6, 6.07) is 15.8. The SMILES string of the molecule is C=CC(=O)N1CC[C@@H]2[C@H]1CN2c1nc(OC[C@@H]2CCCN2C)nc2c(F)c(-c3cccc4cccc(Cl)c34)ccc12. The Morgan fingerprint density at radius 2 is 1.93 bits per heavy atom. The number of carbonyl (C=O) groups excluding carboxylic acids is 1. The fourth-order valence-corrected chi connectivity index (χ4v) is 7.04. The van der Waals surface area contributed by atoms with Crippen molar-refractivity contribution in [1.82, 2.24) is 19.8 Å². The van der Waals surface area contributed by atoms with Gasteiger partial charge in [0.2, 0.25) is 5.91 Å². The van der Waals surface area contributed by atoms with Crippen LogP contribution in [0.1, 0.15) is 19.3 Å². The Labute approximate surface area is 243 Å². The molecule has 0 saturated carbocycles. The Bertz CT molecular complexity index is 1690. The summed E-state index contributed by atoms with van der Waals surface area (Å²) in [4.78, 5) is 28.1. The third-order valence-corrected chi connectivity index (χ3v) is 9.33. The minimum absolute atomic E-state index is 0.0566. The van der Waals surface area contributed by atoms with Crippen LogP contribution in [0.3, 0.4) is 0 Å². The maximum absolute atomic E-state index is 16.6. The van der Waals surface area contributed by atoms with Crippen LogP contribution in [0.2, 0.25) is 5.02 Å². The normalized spacial score (nSPS) is 22.3. The molecule has 3 atom stereocenters. The zero-order chi connectivity index (χ0) is 28.2. The molecular weight excluding hydrogens is 541 g/mol. The number of rotatable bonds is 6. The Hall–Kier alpha value is -3.75. The highest BCUT2D eigenvalue weighted by Gasteiger charge is 2.49. The lowest BCUT2D eigenvalue weighted by molar-refractivity contribution is -0.127. The number of hydrogen-bond donors (Lipinski definition) is 0. The van der Waals surface area contributed by atoms with Crippen LogP contribution in [0.15, 0.2) is 61.2 Å². The molecule has 0 spiro atoms. The average Bonchev–Trinajstić information content (AvgIpc) is 3.53. The Kier molecular flexibility index (Phi) is 6.55. The summed E-state index contributed by atoms with van der Waals surface area (Å²) in [5, 5.41) is 2.93. The number of likely N-dealkylation sites (N-methyl/N-ethyl adjacent to an activating group) is 1. The molecule has 3 aliphatic heterocycles. The van der Waals surface area contributed by atoms with Crippen molar-refractivity contribution in [3.05, 3.63) is 72.0 Å². The lowest BCUT2D eigenvalue weighted by Crippen LogP contribution is -2.63. The number of nitrogens with zero attached hydrogens (tertiary/aromatic N) is 5. The van der Waals surface area contributed by atoms with Gasteiger partial charge in [0.15, 0.2) is 5.82 Å². The van der Waals surface area contributed by atoms with Gasteiger partial charge >= 0.3 is 6.01 Å². The molecule has 7 nitrogen and oxygen atoms in total. The van der Waals surface area contributed by atoms with E-state index in [1.807, 2.05) is 47.4 Å². The zero-order valence-corrected chi connectivity index (χ0v) is 23.6. The first-order valence-corrected chi connectivity index (χ1v) is 14.5. The average molecular weight is 572 g/mol. The summed E-state index contributed by atoms with van der Waals surface area (Å²) >= 11 is 6.60. The summed E-state index contributed by atoms with van der Waals surface area (Å²) in [7, 11) is 2.09. The van der Waals surface area contributed by atoms with Crippen molar-refractivity contribution in [1.29, 1.82) is 0 Å². The van der Waals surface area contributed by atoms with E-state index in [1.54, 1.807) is 6.07 Å². The predicted molar refractivity (Wildman–Crippen MR) is 160 cm³/mol. The van der Waals surface area contributed by atoms with Gasteiger partial charge in [0.05, 0.1) is 12.1 Å². The van der Waals surface area contributed by atoms with E-state index in [9.17, 15) is 4.79 Å². The van der Waals surface area contributed by atoms with Crippen LogP contribution in [0.4, 0.5) is 10.2 Å². The van der Waals surface area contributed by atoms with Gasteiger partial charge in [-0.05, 0) is 62.0 Å². The maximum atomic E-state index is 16.6. The number of carbonyl (C=O) groups is 1. The van der Waals surface area contributed by atoms with Gasteiger partial charge in [-0.2, -0.15) is 9.97 Å². The number of benzene rings is 3. The first-order valence-electron chi connectivity index (χ1n) is 14.1. The molecule has 0 aliphatic carbocycles. The highest BCUT2D eigenvalue weighted by Crippen LogP contribution is 2.42. The summed E-state index contributed by atoms with van der Waals surface area (Å²) in [6.07, 6.45) is 4.35. The molecule has 3 fully saturated rings. The molecule has 1 aromatic heterocycles. The summed E-state index contributed by atoms with van der Waals surface area (Å²) in [5.41, 5.74) is 1.35. The lowest BCUT2D eigenvalue weighted by atomic mass is 9.94. The van der Waals surface area contributed by atoms with Crippen molar-refractivity contribution >= 4 is 45.0 Å². The van der Waals surface area contributed by atoms with Gasteiger partial charge in [0.25, 0.3) is 0 Å². The largest absolute Gasteiger partial charge is 0.462 e. The molecule has 4 aromatic rings. The number of ether oxygens (including phenoxy) is 1. The Morgan fingerprint density at radius 1 is 1.10 bits per heavy atom. The third kappa shape index (κ3) is 4.32. The van der Waals surface area contributed by atoms with E-state index in [0.717, 1.165) is 36.6 Å². The van der Waals surface area contributed by atoms with E-state index >= 15 is 4.39 Å². The summed E-state index contributed by atoms with van der Waals surface area (Å²) in [5.74, 6) is 0.146. The van der Waals surface area contributed by atoms with Crippen LogP contribution < -0.4 is 9.64 Å². The first kappa shape index (κ1) is 26.2. The van der Waals surface area contributed by atoms with E-state index in [1.165, 1.54) is 6.08 Å². The fraction of sp³-hybridized carbons (Fsp3) is 0.344. The van der Waals surface area contributed by atoms with Crippen LogP contribution in [0.5, 0.6) is 6.01 Å². The second kappa shape index (κ2) is 10.3. The van der Waals surface area contributed by atoms with Gasteiger partial charge in [-0.15, -0.1) is 0 Å². The van der Waals surface area contributed by atoms with Gasteiger partial charge in [0, 0.05) is 40.5 Å². The van der Waals surface area contributed by atoms with Crippen LogP contribution in [-0.4, -0.2) is 77.1 Å². The predicted octanol–water partition coefficient (Wildman–Crippen LogP) is 5.69. The lowest BCUT2D eigenvalue weighted by Gasteiger charge is -2.47. The quantitative estimate of drug-likeness (QED) is 0.277. The second-order valence-electron chi connectivity index (χ2n) is 11.2. The maximum Gasteiger partial charge on any atom is 0.319 e. The molecule has 0 radical (unpaired) electrons. The molecule has 7 rings (SSSR count). The summed E-state index contributed by atoms with van der Waals surface area (Å²) in [6.45, 7) is 6.40. The number of hydrogen-bond acceptors (Lipinski definition) is 6. The van der Waals surface area contributed by atoms with Crippen LogP contribution >= 0.6 is 11.6 Å². The molecule has 3 aliphatic rings. The van der Waals surface area contributed by atoms with Gasteiger partial charge in [-0.1, -0.05) is 54.6 Å². The fourth-order valence-electron chi connectivity index (χ4n) is 6.75. The minimum atomic E-state index is -0.437. The summed E-state index contributed by atoms with van der Waals surface area (Å²) < 4.78 is 22.7. The van der Waals surface area contributed by atoms with Crippen LogP contribution in [0, 0.1) is 5.82 Å². The molecule has 0 unspecified atom stereocenters. The Balaban J connectivity index is 1.32. The topological polar surface area (TPSA) is 61.8 Å². The number of amides is 1. The second-order valence-corrected chi connectivity index (χ2v) is 11.6. The van der Waals surface area contributed by atoms with Crippen molar-refractivity contribution in [2.45, 2.75) is 37.4 Å². The van der Waals surface area contributed by atoms with Crippen molar-refractivity contribution < 1.29 is 13.9 Å². The minimum Gasteiger partial charge on any atom is -0.462 e. The standard InChI is InChI=1S/C32H31ClFN5O2/c1-3-27(40)38-16-14-25-26(38)17-39(25)31-23-13-12-22(21-10-4-7-19-8-5-11-24(33)28(19)21)29(34)30(23)35-32(36-31)41-18-20-9-6-15-37(20)2/h3-5,7-8,10-13,20,25-26H,1,6,9,14-18H2,2H3/t20-,25+,26+/m0/s1. The van der Waals surface area contributed by atoms with Gasteiger partial charge in [0.1, 0.15) is 17.9 Å². The van der Waals surface area contributed by atoms with E-state index in [-0.39, 0.29) is 35.6 Å². The molecule has 4 heterocycles. The molecule has 3 saturated heterocycles. The molecule has 0 N–H and O–H groups in total. The van der Waals surface area contributed by atoms with Crippen molar-refractivity contribution in [3.8, 4) is 17.1 Å². The monoisotopic (exact) mass is 571 g/mol. The number of likely N-dealkylation sites (tertiary alicyclic amines) is 2. The molecule has 41 heavy (non-hydrogen) atoms. The van der Waals surface area contributed by atoms with Gasteiger partial charge in [-0.25, -0.2) is 4.39 Å². The molecule has 3 aromatic carbocycles. The van der Waals surface area contributed by atoms with Crippen molar-refractivity contribution in [2.75, 3.05) is 38.2 Å². The van der Waals surface area contributed by atoms with E-state index in [0.29, 0.717) is 47.1 Å². The van der Waals surface area contributed by atoms with Gasteiger partial charge in [-0.3, -0.25) is 4.79 Å². The Morgan fingerprint density at radius 3 is 2.71 bits per heavy atom. The number of fused-ring (bicyclic) bond motifs is 3. The molecule has 1 amide bonds. The van der Waals surface area contributed by atoms with E-state index in [2.05, 4.69) is 28.4 Å². The van der Waals surface area contributed by atoms with E-state index in [4.69, 9.17) is 21.3 Å². The number of aromatic nitrogens is 2. The third-order valence-electron chi connectivity index (χ3n) is 9.01. The first-order chi connectivity index (χ1) is 19.9. The number of halogens is 2. The molecule has 210 valence electrons.